The average molecular weight is 283 g/mol. The van der Waals surface area contributed by atoms with Crippen molar-refractivity contribution in [3.05, 3.63) is 53.6 Å². The van der Waals surface area contributed by atoms with E-state index < -0.39 is 0 Å². The fraction of sp³-hybridized carbons (Fsp3) is 0.333. The summed E-state index contributed by atoms with van der Waals surface area (Å²) in [7, 11) is 0. The molecule has 21 heavy (non-hydrogen) atoms. The molecule has 3 rings (SSSR count). The number of rotatable bonds is 4. The van der Waals surface area contributed by atoms with Crippen molar-refractivity contribution in [1.29, 1.82) is 0 Å². The molecular formula is C18H21NO2. The molecule has 0 bridgehead atoms. The van der Waals surface area contributed by atoms with Gasteiger partial charge in [-0.25, -0.2) is 0 Å². The lowest BCUT2D eigenvalue weighted by atomic mass is 9.98. The quantitative estimate of drug-likeness (QED) is 0.922. The highest BCUT2D eigenvalue weighted by atomic mass is 16.5. The van der Waals surface area contributed by atoms with Gasteiger partial charge in [-0.15, -0.1) is 0 Å². The smallest absolute Gasteiger partial charge is 0.130 e. The van der Waals surface area contributed by atoms with Crippen molar-refractivity contribution in [3.63, 3.8) is 0 Å². The van der Waals surface area contributed by atoms with Crippen LogP contribution in [0.25, 0.3) is 0 Å². The van der Waals surface area contributed by atoms with Crippen LogP contribution in [0.3, 0.4) is 0 Å². The molecule has 2 aromatic carbocycles. The van der Waals surface area contributed by atoms with Crippen molar-refractivity contribution in [2.24, 2.45) is 0 Å². The minimum Gasteiger partial charge on any atom is -0.508 e. The van der Waals surface area contributed by atoms with Crippen LogP contribution in [0, 0.1) is 0 Å². The average Bonchev–Trinajstić information content (AvgIpc) is 2.50. The van der Waals surface area contributed by atoms with Gasteiger partial charge in [-0.1, -0.05) is 19.1 Å². The van der Waals surface area contributed by atoms with Gasteiger partial charge < -0.3 is 9.84 Å². The van der Waals surface area contributed by atoms with E-state index in [1.165, 1.54) is 17.5 Å². The number of fused-ring (bicyclic) bond motifs is 1. The second kappa shape index (κ2) is 6.19. The Balaban J connectivity index is 1.81. The van der Waals surface area contributed by atoms with Gasteiger partial charge in [-0.05, 0) is 55.3 Å². The van der Waals surface area contributed by atoms with E-state index >= 15 is 0 Å². The molecule has 0 amide bonds. The van der Waals surface area contributed by atoms with Crippen molar-refractivity contribution >= 4 is 0 Å². The summed E-state index contributed by atoms with van der Waals surface area (Å²) in [5.74, 6) is 1.96. The summed E-state index contributed by atoms with van der Waals surface area (Å²) in [6, 6.07) is 13.2. The zero-order chi connectivity index (χ0) is 14.7. The van der Waals surface area contributed by atoms with Gasteiger partial charge in [-0.2, -0.15) is 0 Å². The molecule has 0 radical (unpaired) electrons. The lowest BCUT2D eigenvalue weighted by Gasteiger charge is -2.29. The van der Waals surface area contributed by atoms with E-state index in [0.717, 1.165) is 37.6 Å². The first kappa shape index (κ1) is 14.0. The molecule has 0 atom stereocenters. The highest BCUT2D eigenvalue weighted by Crippen LogP contribution is 2.32. The molecule has 1 heterocycles. The number of benzene rings is 2. The van der Waals surface area contributed by atoms with Gasteiger partial charge in [0.15, 0.2) is 0 Å². The summed E-state index contributed by atoms with van der Waals surface area (Å²) >= 11 is 0. The predicted octanol–water partition coefficient (Wildman–Crippen LogP) is 3.95. The number of phenolic OH excluding ortho intramolecular Hbond substituents is 1. The predicted molar refractivity (Wildman–Crippen MR) is 83.9 cm³/mol. The number of aromatic hydroxyl groups is 1. The Morgan fingerprint density at radius 3 is 2.71 bits per heavy atom. The highest BCUT2D eigenvalue weighted by molar-refractivity contribution is 5.44. The number of nitrogens with zero attached hydrogens (tertiary/aromatic N) is 1. The summed E-state index contributed by atoms with van der Waals surface area (Å²) < 4.78 is 6.00. The molecule has 0 aliphatic carbocycles. The first-order chi connectivity index (χ1) is 10.3. The molecule has 3 nitrogen and oxygen atoms in total. The van der Waals surface area contributed by atoms with Crippen molar-refractivity contribution in [2.45, 2.75) is 26.3 Å². The minimum absolute atomic E-state index is 0.257. The Morgan fingerprint density at radius 1 is 1.14 bits per heavy atom. The van der Waals surface area contributed by atoms with Crippen LogP contribution >= 0.6 is 0 Å². The second-order valence-corrected chi connectivity index (χ2v) is 5.52. The molecule has 0 saturated heterocycles. The van der Waals surface area contributed by atoms with Crippen LogP contribution < -0.4 is 4.74 Å². The normalized spacial score (nSPS) is 14.7. The van der Waals surface area contributed by atoms with E-state index in [0.29, 0.717) is 0 Å². The Labute approximate surface area is 125 Å². The van der Waals surface area contributed by atoms with E-state index in [1.807, 2.05) is 6.07 Å². The Kier molecular flexibility index (Phi) is 4.11. The van der Waals surface area contributed by atoms with Gasteiger partial charge in [-0.3, -0.25) is 4.90 Å². The van der Waals surface area contributed by atoms with Gasteiger partial charge in [0, 0.05) is 18.7 Å². The van der Waals surface area contributed by atoms with Crippen LogP contribution in [0.15, 0.2) is 42.5 Å². The molecule has 0 saturated carbocycles. The molecule has 0 fully saturated rings. The molecule has 2 aromatic rings. The Hall–Kier alpha value is -2.00. The van der Waals surface area contributed by atoms with Crippen LogP contribution in [-0.2, 0) is 13.0 Å². The number of hydrogen-bond acceptors (Lipinski definition) is 3. The maximum absolute atomic E-state index is 9.33. The Bertz CT molecular complexity index is 607. The van der Waals surface area contributed by atoms with Crippen molar-refractivity contribution < 1.29 is 9.84 Å². The SMILES string of the molecule is CCCN1CCc2c(cccc2Oc2ccc(O)cc2)C1. The summed E-state index contributed by atoms with van der Waals surface area (Å²) in [4.78, 5) is 2.49. The van der Waals surface area contributed by atoms with E-state index in [2.05, 4.69) is 24.0 Å². The fourth-order valence-corrected chi connectivity index (χ4v) is 2.88. The van der Waals surface area contributed by atoms with Crippen LogP contribution in [-0.4, -0.2) is 23.1 Å². The number of ether oxygens (including phenoxy) is 1. The molecule has 0 aromatic heterocycles. The summed E-state index contributed by atoms with van der Waals surface area (Å²) in [5, 5.41) is 9.33. The third kappa shape index (κ3) is 3.19. The molecule has 110 valence electrons. The van der Waals surface area contributed by atoms with Crippen LogP contribution in [0.2, 0.25) is 0 Å². The standard InChI is InChI=1S/C18H21NO2/c1-2-11-19-12-10-17-14(13-19)4-3-5-18(17)21-16-8-6-15(20)7-9-16/h3-9,20H,2,10-13H2,1H3. The van der Waals surface area contributed by atoms with Gasteiger partial charge in [0.25, 0.3) is 0 Å². The second-order valence-electron chi connectivity index (χ2n) is 5.52. The zero-order valence-electron chi connectivity index (χ0n) is 12.4. The van der Waals surface area contributed by atoms with E-state index in [9.17, 15) is 5.11 Å². The topological polar surface area (TPSA) is 32.7 Å². The van der Waals surface area contributed by atoms with Crippen LogP contribution in [0.4, 0.5) is 0 Å². The maximum atomic E-state index is 9.33. The lowest BCUT2D eigenvalue weighted by Crippen LogP contribution is -2.31. The molecule has 3 heteroatoms. The van der Waals surface area contributed by atoms with Crippen molar-refractivity contribution in [2.75, 3.05) is 13.1 Å². The summed E-state index contributed by atoms with van der Waals surface area (Å²) in [6.45, 7) is 5.48. The lowest BCUT2D eigenvalue weighted by molar-refractivity contribution is 0.252. The van der Waals surface area contributed by atoms with Crippen molar-refractivity contribution in [3.8, 4) is 17.2 Å². The number of hydrogen-bond donors (Lipinski definition) is 1. The van der Waals surface area contributed by atoms with E-state index in [4.69, 9.17) is 4.74 Å². The van der Waals surface area contributed by atoms with Gasteiger partial charge >= 0.3 is 0 Å². The maximum Gasteiger partial charge on any atom is 0.130 e. The minimum atomic E-state index is 0.257. The first-order valence-corrected chi connectivity index (χ1v) is 7.56. The largest absolute Gasteiger partial charge is 0.508 e. The fourth-order valence-electron chi connectivity index (χ4n) is 2.88. The van der Waals surface area contributed by atoms with Gasteiger partial charge in [0.05, 0.1) is 0 Å². The van der Waals surface area contributed by atoms with Crippen LogP contribution in [0.1, 0.15) is 24.5 Å². The Morgan fingerprint density at radius 2 is 1.95 bits per heavy atom. The third-order valence-corrected chi connectivity index (χ3v) is 3.91. The summed E-state index contributed by atoms with van der Waals surface area (Å²) in [6.07, 6.45) is 2.22. The molecule has 1 aliphatic heterocycles. The summed E-state index contributed by atoms with van der Waals surface area (Å²) in [5.41, 5.74) is 2.68. The monoisotopic (exact) mass is 283 g/mol. The first-order valence-electron chi connectivity index (χ1n) is 7.56. The molecule has 0 spiro atoms. The molecular weight excluding hydrogens is 262 g/mol. The van der Waals surface area contributed by atoms with Crippen molar-refractivity contribution in [1.82, 2.24) is 4.90 Å². The molecule has 1 N–H and O–H groups in total. The molecule has 0 unspecified atom stereocenters. The number of phenols is 1. The van der Waals surface area contributed by atoms with Crippen LogP contribution in [0.5, 0.6) is 17.2 Å². The highest BCUT2D eigenvalue weighted by Gasteiger charge is 2.19. The third-order valence-electron chi connectivity index (χ3n) is 3.91. The zero-order valence-corrected chi connectivity index (χ0v) is 12.4. The van der Waals surface area contributed by atoms with Gasteiger partial charge in [0.2, 0.25) is 0 Å². The van der Waals surface area contributed by atoms with E-state index in [1.54, 1.807) is 24.3 Å². The van der Waals surface area contributed by atoms with Gasteiger partial charge in [0.1, 0.15) is 17.2 Å². The molecule has 1 aliphatic rings. The van der Waals surface area contributed by atoms with E-state index in [-0.39, 0.29) is 5.75 Å².